The summed E-state index contributed by atoms with van der Waals surface area (Å²) in [6, 6.07) is 32.9. The largest absolute Gasteiger partial charge is 0.489 e. The molecule has 2 unspecified atom stereocenters. The summed E-state index contributed by atoms with van der Waals surface area (Å²) in [6.45, 7) is 0.263. The van der Waals surface area contributed by atoms with Gasteiger partial charge in [-0.2, -0.15) is 5.26 Å². The predicted octanol–water partition coefficient (Wildman–Crippen LogP) is 7.96. The number of amides is 3. The highest BCUT2D eigenvalue weighted by Gasteiger charge is 2.39. The van der Waals surface area contributed by atoms with E-state index in [0.29, 0.717) is 60.6 Å². The zero-order chi connectivity index (χ0) is 42.6. The molecule has 3 atom stereocenters. The number of nitrogens with zero attached hydrogens (tertiary/aromatic N) is 3. The van der Waals surface area contributed by atoms with E-state index in [0.717, 1.165) is 16.7 Å². The van der Waals surface area contributed by atoms with E-state index < -0.39 is 41.9 Å². The van der Waals surface area contributed by atoms with E-state index in [1.54, 1.807) is 84.9 Å². The molecule has 304 valence electrons. The summed E-state index contributed by atoms with van der Waals surface area (Å²) in [6.07, 6.45) is 2.01. The summed E-state index contributed by atoms with van der Waals surface area (Å²) in [5.41, 5.74) is 6.52. The zero-order valence-corrected chi connectivity index (χ0v) is 33.7. The zero-order valence-electron chi connectivity index (χ0n) is 32.2. The second-order valence-electron chi connectivity index (χ2n) is 14.6. The summed E-state index contributed by atoms with van der Waals surface area (Å²) in [5.74, 6) is -1.75. The number of hydrogen-bond donors (Lipinski definition) is 3. The van der Waals surface area contributed by atoms with Gasteiger partial charge < -0.3 is 30.1 Å². The number of anilines is 1. The van der Waals surface area contributed by atoms with Crippen molar-refractivity contribution < 1.29 is 33.8 Å². The van der Waals surface area contributed by atoms with E-state index in [9.17, 15) is 24.3 Å². The van der Waals surface area contributed by atoms with Crippen molar-refractivity contribution in [2.24, 2.45) is 0 Å². The predicted molar refractivity (Wildman–Crippen MR) is 227 cm³/mol. The number of nitriles is 1. The second kappa shape index (κ2) is 17.6. The van der Waals surface area contributed by atoms with Crippen LogP contribution in [-0.2, 0) is 40.4 Å². The van der Waals surface area contributed by atoms with Crippen LogP contribution in [0.5, 0.6) is 11.5 Å². The first-order chi connectivity index (χ1) is 29.5. The van der Waals surface area contributed by atoms with Gasteiger partial charge in [0.1, 0.15) is 30.2 Å². The lowest BCUT2D eigenvalue weighted by molar-refractivity contribution is -0.142. The number of benzene rings is 5. The number of nitrogens with one attached hydrogen (secondary N) is 2. The molecular weight excluding hydrogens is 817 g/mol. The monoisotopic (exact) mass is 851 g/mol. The van der Waals surface area contributed by atoms with Gasteiger partial charge in [-0.05, 0) is 94.0 Å². The fourth-order valence-electron chi connectivity index (χ4n) is 7.33. The Hall–Kier alpha value is -7.20. The Balaban J connectivity index is 0.991. The van der Waals surface area contributed by atoms with Gasteiger partial charge in [-0.25, -0.2) is 4.79 Å². The van der Waals surface area contributed by atoms with Crippen LogP contribution in [0.3, 0.4) is 0 Å². The van der Waals surface area contributed by atoms with Crippen LogP contribution in [0.25, 0.3) is 11.1 Å². The lowest BCUT2D eigenvalue weighted by Gasteiger charge is -2.37. The summed E-state index contributed by atoms with van der Waals surface area (Å²) in [5, 5.41) is 25.9. The molecule has 5 aromatic carbocycles. The van der Waals surface area contributed by atoms with Gasteiger partial charge in [0, 0.05) is 42.9 Å². The summed E-state index contributed by atoms with van der Waals surface area (Å²) in [4.78, 5) is 59.6. The Bertz CT molecular complexity index is 2690. The SMILES string of the molecule is N#Cc1ccc(-c2ccc(C[C@H](NC(=O)C3Cc4cc5c(cc4CN3C(=O)c3ccncc3)OC(c3ccc(OCc4ccc(Cl)c(Cl)c4)cc3)C(=O)N5)C(=O)O)cc2)cc1. The minimum absolute atomic E-state index is 0.00322. The maximum absolute atomic E-state index is 14.1. The van der Waals surface area contributed by atoms with Crippen molar-refractivity contribution in [1.82, 2.24) is 15.2 Å². The second-order valence-corrected chi connectivity index (χ2v) is 15.4. The highest BCUT2D eigenvalue weighted by atomic mass is 35.5. The Morgan fingerprint density at radius 1 is 0.885 bits per heavy atom. The van der Waals surface area contributed by atoms with Gasteiger partial charge in [-0.1, -0.05) is 77.8 Å². The highest BCUT2D eigenvalue weighted by molar-refractivity contribution is 6.42. The summed E-state index contributed by atoms with van der Waals surface area (Å²) >= 11 is 12.2. The van der Waals surface area contributed by atoms with Crippen molar-refractivity contribution in [1.29, 1.82) is 5.26 Å². The molecule has 1 aromatic heterocycles. The standard InChI is InChI=1S/C47H35Cl2N5O7/c48-37-14-5-29(19-38(37)49)26-60-36-12-10-32(11-13-36)43-45(56)52-39-21-34-22-41(54(25-35(34)23-42(39)61-43)46(57)33-15-17-51-18-16-33)44(55)53-40(47(58)59)20-27-1-6-30(7-2-27)31-8-3-28(24-50)4-9-31/h1-19,21,23,40-41,43H,20,22,25-26H2,(H,52,56)(H,53,55)(H,58,59)/t40-,41?,43?/m0/s1. The number of fused-ring (bicyclic) bond motifs is 2. The molecule has 0 aliphatic carbocycles. The molecule has 3 N–H and O–H groups in total. The molecule has 0 radical (unpaired) electrons. The number of carboxylic acids is 1. The van der Waals surface area contributed by atoms with E-state index in [-0.39, 0.29) is 26.0 Å². The minimum atomic E-state index is -1.30. The molecule has 0 bridgehead atoms. The van der Waals surface area contributed by atoms with Gasteiger partial charge in [0.25, 0.3) is 11.8 Å². The average molecular weight is 853 g/mol. The van der Waals surface area contributed by atoms with Crippen LogP contribution in [0, 0.1) is 11.3 Å². The average Bonchev–Trinajstić information content (AvgIpc) is 3.28. The third-order valence-corrected chi connectivity index (χ3v) is 11.3. The van der Waals surface area contributed by atoms with Crippen molar-refractivity contribution in [3.05, 3.63) is 177 Å². The van der Waals surface area contributed by atoms with Crippen molar-refractivity contribution in [3.8, 4) is 28.7 Å². The number of pyridine rings is 1. The number of ether oxygens (including phenoxy) is 2. The summed E-state index contributed by atoms with van der Waals surface area (Å²) in [7, 11) is 0. The third kappa shape index (κ3) is 9.04. The lowest BCUT2D eigenvalue weighted by Crippen LogP contribution is -2.56. The topological polar surface area (TPSA) is 171 Å². The Labute approximate surface area is 360 Å². The molecule has 0 fully saturated rings. The molecule has 12 nitrogen and oxygen atoms in total. The van der Waals surface area contributed by atoms with Crippen molar-refractivity contribution in [2.45, 2.75) is 44.2 Å². The highest BCUT2D eigenvalue weighted by Crippen LogP contribution is 2.40. The van der Waals surface area contributed by atoms with E-state index in [4.69, 9.17) is 37.9 Å². The molecule has 61 heavy (non-hydrogen) atoms. The Kier molecular flexibility index (Phi) is 11.7. The minimum Gasteiger partial charge on any atom is -0.489 e. The Morgan fingerprint density at radius 3 is 2.25 bits per heavy atom. The van der Waals surface area contributed by atoms with Crippen LogP contribution in [-0.4, -0.2) is 50.8 Å². The normalized spacial score (nSPS) is 15.8. The number of carboxylic acid groups (broad SMARTS) is 1. The van der Waals surface area contributed by atoms with E-state index >= 15 is 0 Å². The van der Waals surface area contributed by atoms with Gasteiger partial charge >= 0.3 is 5.97 Å². The smallest absolute Gasteiger partial charge is 0.326 e. The van der Waals surface area contributed by atoms with Crippen molar-refractivity contribution in [3.63, 3.8) is 0 Å². The molecular formula is C47H35Cl2N5O7. The van der Waals surface area contributed by atoms with Gasteiger partial charge in [-0.15, -0.1) is 0 Å². The number of rotatable bonds is 11. The number of aromatic nitrogens is 1. The number of carbonyl (C=O) groups is 4. The van der Waals surface area contributed by atoms with Crippen LogP contribution in [0.15, 0.2) is 128 Å². The first-order valence-corrected chi connectivity index (χ1v) is 19.9. The van der Waals surface area contributed by atoms with Crippen molar-refractivity contribution >= 4 is 52.6 Å². The van der Waals surface area contributed by atoms with Crippen LogP contribution in [0.1, 0.15) is 49.8 Å². The molecule has 8 rings (SSSR count). The molecule has 0 spiro atoms. The van der Waals surface area contributed by atoms with Gasteiger partial charge in [0.05, 0.1) is 27.4 Å². The lowest BCUT2D eigenvalue weighted by atomic mass is 9.91. The molecule has 3 amide bonds. The summed E-state index contributed by atoms with van der Waals surface area (Å²) < 4.78 is 12.2. The van der Waals surface area contributed by atoms with Gasteiger partial charge in [-0.3, -0.25) is 19.4 Å². The maximum atomic E-state index is 14.1. The molecule has 14 heteroatoms. The molecule has 2 aliphatic rings. The molecule has 6 aromatic rings. The van der Waals surface area contributed by atoms with Crippen LogP contribution < -0.4 is 20.1 Å². The van der Waals surface area contributed by atoms with Gasteiger partial charge in [0.15, 0.2) is 0 Å². The molecule has 0 saturated carbocycles. The van der Waals surface area contributed by atoms with E-state index in [2.05, 4.69) is 21.7 Å². The third-order valence-electron chi connectivity index (χ3n) is 10.6. The number of aliphatic carboxylic acids is 1. The van der Waals surface area contributed by atoms with E-state index in [1.165, 1.54) is 17.3 Å². The fraction of sp³-hybridized carbons (Fsp3) is 0.149. The number of halogens is 2. The van der Waals surface area contributed by atoms with Crippen LogP contribution in [0.2, 0.25) is 10.0 Å². The molecule has 0 saturated heterocycles. The van der Waals surface area contributed by atoms with Crippen LogP contribution >= 0.6 is 23.2 Å². The van der Waals surface area contributed by atoms with E-state index in [1.807, 2.05) is 30.3 Å². The fourth-order valence-corrected chi connectivity index (χ4v) is 7.65. The van der Waals surface area contributed by atoms with Gasteiger partial charge in [0.2, 0.25) is 12.0 Å². The quantitative estimate of drug-likeness (QED) is 0.117. The molecule has 2 aliphatic heterocycles. The number of carbonyl (C=O) groups excluding carboxylic acids is 3. The maximum Gasteiger partial charge on any atom is 0.326 e. The Morgan fingerprint density at radius 2 is 1.57 bits per heavy atom. The number of hydrogen-bond acceptors (Lipinski definition) is 8. The van der Waals surface area contributed by atoms with Crippen LogP contribution in [0.4, 0.5) is 5.69 Å². The van der Waals surface area contributed by atoms with Crippen molar-refractivity contribution in [2.75, 3.05) is 5.32 Å². The first kappa shape index (κ1) is 40.6. The molecule has 3 heterocycles. The first-order valence-electron chi connectivity index (χ1n) is 19.2.